The molecule has 2 heterocycles. The fraction of sp³-hybridized carbons (Fsp3) is 0.167. The zero-order valence-electron chi connectivity index (χ0n) is 16.5. The monoisotopic (exact) mass is 366 g/mol. The molecule has 4 heteroatoms. The number of nitrogens with one attached hydrogen (secondary N) is 2. The average Bonchev–Trinajstić information content (AvgIpc) is 3.26. The van der Waals surface area contributed by atoms with Gasteiger partial charge in [0.05, 0.1) is 22.1 Å². The summed E-state index contributed by atoms with van der Waals surface area (Å²) >= 11 is 0. The molecule has 2 N–H and O–H groups in total. The van der Waals surface area contributed by atoms with E-state index >= 15 is 0 Å². The second-order valence-corrected chi connectivity index (χ2v) is 7.62. The van der Waals surface area contributed by atoms with Crippen molar-refractivity contribution in [2.75, 3.05) is 0 Å². The van der Waals surface area contributed by atoms with Gasteiger partial charge in [-0.15, -0.1) is 0 Å². The Morgan fingerprint density at radius 2 is 0.964 bits per heavy atom. The third-order valence-electron chi connectivity index (χ3n) is 5.63. The Bertz CT molecular complexity index is 1170. The number of aromatic amines is 2. The molecular weight excluding hydrogens is 344 g/mol. The first-order valence-corrected chi connectivity index (χ1v) is 9.53. The van der Waals surface area contributed by atoms with Crippen molar-refractivity contribution < 1.29 is 0 Å². The Morgan fingerprint density at radius 3 is 1.39 bits per heavy atom. The van der Waals surface area contributed by atoms with E-state index in [1.807, 2.05) is 12.1 Å². The van der Waals surface area contributed by atoms with Crippen molar-refractivity contribution >= 4 is 22.1 Å². The van der Waals surface area contributed by atoms with Crippen LogP contribution in [-0.2, 0) is 0 Å². The van der Waals surface area contributed by atoms with E-state index in [0.29, 0.717) is 0 Å². The Kier molecular flexibility index (Phi) is 3.63. The summed E-state index contributed by atoms with van der Waals surface area (Å²) in [5, 5.41) is 0. The molecule has 0 saturated carbocycles. The minimum Gasteiger partial charge on any atom is -0.338 e. The quantitative estimate of drug-likeness (QED) is 0.402. The van der Waals surface area contributed by atoms with Crippen LogP contribution in [0.2, 0.25) is 0 Å². The third kappa shape index (κ3) is 2.61. The molecule has 0 aliphatic heterocycles. The highest BCUT2D eigenvalue weighted by Gasteiger charge is 2.15. The maximum Gasteiger partial charge on any atom is 0.139 e. The lowest BCUT2D eigenvalue weighted by Crippen LogP contribution is -1.88. The predicted molar refractivity (Wildman–Crippen MR) is 116 cm³/mol. The molecule has 0 radical (unpaired) electrons. The van der Waals surface area contributed by atoms with Crippen molar-refractivity contribution in [3.63, 3.8) is 0 Å². The molecule has 3 aromatic carbocycles. The van der Waals surface area contributed by atoms with Crippen molar-refractivity contribution in [1.82, 2.24) is 19.9 Å². The summed E-state index contributed by atoms with van der Waals surface area (Å²) in [4.78, 5) is 16.7. The second kappa shape index (κ2) is 6.06. The normalized spacial score (nSPS) is 11.6. The first-order chi connectivity index (χ1) is 13.5. The zero-order valence-corrected chi connectivity index (χ0v) is 16.5. The largest absolute Gasteiger partial charge is 0.338 e. The Labute approximate surface area is 163 Å². The van der Waals surface area contributed by atoms with Gasteiger partial charge in [0, 0.05) is 11.1 Å². The van der Waals surface area contributed by atoms with Crippen molar-refractivity contribution in [2.45, 2.75) is 27.7 Å². The van der Waals surface area contributed by atoms with Crippen LogP contribution in [-0.4, -0.2) is 19.9 Å². The number of fused-ring (bicyclic) bond motifs is 2. The van der Waals surface area contributed by atoms with Crippen LogP contribution in [0.3, 0.4) is 0 Å². The van der Waals surface area contributed by atoms with Crippen molar-refractivity contribution in [3.8, 4) is 22.8 Å². The van der Waals surface area contributed by atoms with Gasteiger partial charge in [-0.3, -0.25) is 0 Å². The zero-order chi connectivity index (χ0) is 19.4. The number of hydrogen-bond acceptors (Lipinski definition) is 2. The summed E-state index contributed by atoms with van der Waals surface area (Å²) in [5.41, 5.74) is 11.2. The lowest BCUT2D eigenvalue weighted by molar-refractivity contribution is 1.30. The van der Waals surface area contributed by atoms with Gasteiger partial charge in [0.15, 0.2) is 0 Å². The van der Waals surface area contributed by atoms with Crippen molar-refractivity contribution in [3.05, 3.63) is 70.8 Å². The van der Waals surface area contributed by atoms with Gasteiger partial charge in [0.2, 0.25) is 0 Å². The summed E-state index contributed by atoms with van der Waals surface area (Å²) in [6.07, 6.45) is 0. The van der Waals surface area contributed by atoms with E-state index in [1.54, 1.807) is 0 Å². The van der Waals surface area contributed by atoms with Crippen LogP contribution >= 0.6 is 0 Å². The SMILES string of the molecule is Cc1cc2nc(-c3ccccc3-c3nc4cc(C)c(C)cc4[nH]3)[nH]c2cc1C. The highest BCUT2D eigenvalue weighted by atomic mass is 14.9. The molecule has 5 rings (SSSR count). The maximum atomic E-state index is 4.86. The van der Waals surface area contributed by atoms with E-state index in [-0.39, 0.29) is 0 Å². The van der Waals surface area contributed by atoms with Crippen LogP contribution in [0.25, 0.3) is 44.8 Å². The molecule has 2 aromatic heterocycles. The van der Waals surface area contributed by atoms with Gasteiger partial charge in [0.1, 0.15) is 11.6 Å². The smallest absolute Gasteiger partial charge is 0.139 e. The van der Waals surface area contributed by atoms with E-state index in [0.717, 1.165) is 44.8 Å². The van der Waals surface area contributed by atoms with E-state index in [9.17, 15) is 0 Å². The number of benzene rings is 3. The molecule has 28 heavy (non-hydrogen) atoms. The van der Waals surface area contributed by atoms with Crippen LogP contribution in [0.4, 0.5) is 0 Å². The lowest BCUT2D eigenvalue weighted by atomic mass is 10.1. The Morgan fingerprint density at radius 1 is 0.571 bits per heavy atom. The topological polar surface area (TPSA) is 57.4 Å². The van der Waals surface area contributed by atoms with Crippen LogP contribution in [0.15, 0.2) is 48.5 Å². The summed E-state index contributed by atoms with van der Waals surface area (Å²) in [7, 11) is 0. The molecular formula is C24H22N4. The van der Waals surface area contributed by atoms with Gasteiger partial charge >= 0.3 is 0 Å². The van der Waals surface area contributed by atoms with E-state index in [2.05, 4.69) is 74.1 Å². The molecule has 0 aliphatic carbocycles. The summed E-state index contributed by atoms with van der Waals surface area (Å²) in [6, 6.07) is 16.9. The van der Waals surface area contributed by atoms with Crippen molar-refractivity contribution in [1.29, 1.82) is 0 Å². The summed E-state index contributed by atoms with van der Waals surface area (Å²) in [6.45, 7) is 8.49. The number of hydrogen-bond donors (Lipinski definition) is 2. The van der Waals surface area contributed by atoms with Crippen LogP contribution in [0, 0.1) is 27.7 Å². The molecule has 0 atom stereocenters. The molecule has 0 aliphatic rings. The molecule has 0 spiro atoms. The molecule has 0 amide bonds. The molecule has 4 nitrogen and oxygen atoms in total. The molecule has 138 valence electrons. The molecule has 0 saturated heterocycles. The number of aromatic nitrogens is 4. The molecule has 0 unspecified atom stereocenters. The number of nitrogens with zero attached hydrogens (tertiary/aromatic N) is 2. The average molecular weight is 366 g/mol. The van der Waals surface area contributed by atoms with Gasteiger partial charge in [-0.2, -0.15) is 0 Å². The Balaban J connectivity index is 1.69. The van der Waals surface area contributed by atoms with Crippen LogP contribution in [0.1, 0.15) is 22.3 Å². The van der Waals surface area contributed by atoms with Gasteiger partial charge in [0.25, 0.3) is 0 Å². The molecule has 0 bridgehead atoms. The maximum absolute atomic E-state index is 4.86. The van der Waals surface area contributed by atoms with E-state index in [1.165, 1.54) is 22.3 Å². The van der Waals surface area contributed by atoms with Gasteiger partial charge in [-0.25, -0.2) is 9.97 Å². The minimum absolute atomic E-state index is 0.864. The predicted octanol–water partition coefficient (Wildman–Crippen LogP) is 6.01. The first-order valence-electron chi connectivity index (χ1n) is 9.53. The third-order valence-corrected chi connectivity index (χ3v) is 5.63. The molecule has 5 aromatic rings. The van der Waals surface area contributed by atoms with E-state index < -0.39 is 0 Å². The fourth-order valence-electron chi connectivity index (χ4n) is 3.69. The number of rotatable bonds is 2. The van der Waals surface area contributed by atoms with Gasteiger partial charge in [-0.05, 0) is 74.2 Å². The standard InChI is InChI=1S/C24H22N4/c1-13-9-19-20(10-14(13)2)26-23(25-19)17-7-5-6-8-18(17)24-27-21-11-15(3)16(4)12-22(21)28-24/h5-12H,1-4H3,(H,25,26)(H,27,28). The number of H-pyrrole nitrogens is 2. The highest BCUT2D eigenvalue weighted by Crippen LogP contribution is 2.32. The first kappa shape index (κ1) is 16.8. The summed E-state index contributed by atoms with van der Waals surface area (Å²) in [5.74, 6) is 1.73. The minimum atomic E-state index is 0.864. The van der Waals surface area contributed by atoms with Gasteiger partial charge in [-0.1, -0.05) is 24.3 Å². The van der Waals surface area contributed by atoms with Crippen LogP contribution in [0.5, 0.6) is 0 Å². The van der Waals surface area contributed by atoms with Gasteiger partial charge < -0.3 is 9.97 Å². The second-order valence-electron chi connectivity index (χ2n) is 7.62. The Hall–Kier alpha value is -3.40. The highest BCUT2D eigenvalue weighted by molar-refractivity contribution is 5.88. The summed E-state index contributed by atoms with van der Waals surface area (Å²) < 4.78 is 0. The van der Waals surface area contributed by atoms with E-state index in [4.69, 9.17) is 9.97 Å². The number of aryl methyl sites for hydroxylation is 4. The number of imidazole rings is 2. The molecule has 0 fully saturated rings. The lowest BCUT2D eigenvalue weighted by Gasteiger charge is -2.04. The fourth-order valence-corrected chi connectivity index (χ4v) is 3.69. The van der Waals surface area contributed by atoms with Crippen LogP contribution < -0.4 is 0 Å². The van der Waals surface area contributed by atoms with Crippen molar-refractivity contribution in [2.24, 2.45) is 0 Å².